The van der Waals surface area contributed by atoms with Gasteiger partial charge in [0.15, 0.2) is 0 Å². The molecule has 2 heterocycles. The molecule has 4 aromatic rings. The summed E-state index contributed by atoms with van der Waals surface area (Å²) in [6.45, 7) is 8.33. The minimum absolute atomic E-state index is 0.0512. The lowest BCUT2D eigenvalue weighted by Gasteiger charge is -2.11. The molecule has 37 heavy (non-hydrogen) atoms. The molecule has 2 N–H and O–H groups in total. The van der Waals surface area contributed by atoms with Gasteiger partial charge in [-0.3, -0.25) is 9.55 Å². The number of hydrogen-bond acceptors (Lipinski definition) is 5. The first-order valence-electron chi connectivity index (χ1n) is 12.5. The lowest BCUT2D eigenvalue weighted by atomic mass is 10.1. The minimum Gasteiger partial charge on any atom is -0.337 e. The summed E-state index contributed by atoms with van der Waals surface area (Å²) < 4.78 is 29.0. The fourth-order valence-corrected chi connectivity index (χ4v) is 5.21. The highest BCUT2D eigenvalue weighted by molar-refractivity contribution is 7.90. The number of nitrogens with one attached hydrogen (secondary N) is 2. The first-order valence-corrected chi connectivity index (χ1v) is 14.0. The second kappa shape index (κ2) is 11.1. The number of amides is 2. The Morgan fingerprint density at radius 2 is 1.65 bits per heavy atom. The van der Waals surface area contributed by atoms with Crippen LogP contribution < -0.4 is 10.0 Å². The molecule has 0 radical (unpaired) electrons. The predicted octanol–water partition coefficient (Wildman–Crippen LogP) is 4.92. The number of carbonyl (C=O) groups is 1. The molecule has 0 spiro atoms. The molecule has 2 amide bonds. The zero-order valence-electron chi connectivity index (χ0n) is 21.7. The first-order chi connectivity index (χ1) is 17.7. The van der Waals surface area contributed by atoms with Crippen molar-refractivity contribution >= 4 is 27.1 Å². The SMILES string of the molecule is CCCCc1nc2c(C)nc(C)cc2n1-c1ccc(CCNC(=O)NS(=O)(=O)c2ccc(C)cc2)cc1. The van der Waals surface area contributed by atoms with Crippen LogP contribution in [0.3, 0.4) is 0 Å². The number of fused-ring (bicyclic) bond motifs is 1. The Hall–Kier alpha value is -3.72. The molecule has 0 aliphatic rings. The average Bonchev–Trinajstić information content (AvgIpc) is 3.21. The number of sulfonamides is 1. The number of rotatable bonds is 9. The molecule has 2 aromatic carbocycles. The maximum absolute atomic E-state index is 12.4. The smallest absolute Gasteiger partial charge is 0.328 e. The summed E-state index contributed by atoms with van der Waals surface area (Å²) in [6, 6.07) is 15.8. The standard InChI is InChI=1S/C28H33N5O3S/c1-5-6-7-26-31-27-21(4)30-20(3)18-25(27)33(26)23-12-10-22(11-13-23)16-17-29-28(34)32-37(35,36)24-14-8-19(2)9-15-24/h8-15,18H,5-7,16-17H2,1-4H3,(H2,29,32,34). The number of nitrogens with zero attached hydrogens (tertiary/aromatic N) is 3. The van der Waals surface area contributed by atoms with E-state index in [2.05, 4.69) is 44.7 Å². The van der Waals surface area contributed by atoms with E-state index in [0.717, 1.165) is 64.3 Å². The third-order valence-corrected chi connectivity index (χ3v) is 7.57. The molecule has 0 saturated heterocycles. The van der Waals surface area contributed by atoms with Crippen LogP contribution in [-0.4, -0.2) is 35.5 Å². The van der Waals surface area contributed by atoms with Gasteiger partial charge in [0.1, 0.15) is 11.3 Å². The third kappa shape index (κ3) is 6.17. The van der Waals surface area contributed by atoms with Crippen molar-refractivity contribution in [1.29, 1.82) is 0 Å². The summed E-state index contributed by atoms with van der Waals surface area (Å²) in [5, 5.41) is 2.63. The molecule has 194 valence electrons. The van der Waals surface area contributed by atoms with E-state index < -0.39 is 16.1 Å². The van der Waals surface area contributed by atoms with Crippen LogP contribution in [-0.2, 0) is 22.9 Å². The van der Waals surface area contributed by atoms with E-state index in [4.69, 9.17) is 4.98 Å². The molecule has 0 aliphatic carbocycles. The summed E-state index contributed by atoms with van der Waals surface area (Å²) in [7, 11) is -3.91. The van der Waals surface area contributed by atoms with Gasteiger partial charge in [-0.15, -0.1) is 0 Å². The van der Waals surface area contributed by atoms with Crippen LogP contribution in [0.2, 0.25) is 0 Å². The van der Waals surface area contributed by atoms with Crippen LogP contribution in [0, 0.1) is 20.8 Å². The van der Waals surface area contributed by atoms with Crippen molar-refractivity contribution in [2.24, 2.45) is 0 Å². The van der Waals surface area contributed by atoms with E-state index in [1.165, 1.54) is 12.1 Å². The van der Waals surface area contributed by atoms with Gasteiger partial charge in [0, 0.05) is 24.3 Å². The van der Waals surface area contributed by atoms with Crippen molar-refractivity contribution in [3.05, 3.63) is 82.9 Å². The number of aromatic nitrogens is 3. The normalized spacial score (nSPS) is 11.6. The number of hydrogen-bond donors (Lipinski definition) is 2. The number of urea groups is 1. The minimum atomic E-state index is -3.91. The number of carbonyl (C=O) groups excluding carboxylic acids is 1. The van der Waals surface area contributed by atoms with Crippen LogP contribution in [0.1, 0.15) is 48.1 Å². The van der Waals surface area contributed by atoms with Gasteiger partial charge in [-0.1, -0.05) is 43.2 Å². The Balaban J connectivity index is 1.43. The molecule has 0 bridgehead atoms. The van der Waals surface area contributed by atoms with Gasteiger partial charge in [-0.2, -0.15) is 0 Å². The van der Waals surface area contributed by atoms with Crippen LogP contribution in [0.25, 0.3) is 16.7 Å². The van der Waals surface area contributed by atoms with Gasteiger partial charge in [0.25, 0.3) is 10.0 Å². The van der Waals surface area contributed by atoms with Crippen LogP contribution in [0.4, 0.5) is 4.79 Å². The molecule has 0 unspecified atom stereocenters. The van der Waals surface area contributed by atoms with Gasteiger partial charge >= 0.3 is 6.03 Å². The molecule has 2 aromatic heterocycles. The molecule has 4 rings (SSSR count). The Morgan fingerprint density at radius 3 is 2.32 bits per heavy atom. The van der Waals surface area contributed by atoms with Gasteiger partial charge in [0.2, 0.25) is 0 Å². The number of imidazole rings is 1. The molecular formula is C28H33N5O3S. The number of aryl methyl sites for hydroxylation is 4. The summed E-state index contributed by atoms with van der Waals surface area (Å²) in [4.78, 5) is 21.7. The Kier molecular flexibility index (Phi) is 7.92. The zero-order valence-corrected chi connectivity index (χ0v) is 22.5. The Morgan fingerprint density at radius 1 is 0.946 bits per heavy atom. The molecule has 0 aliphatic heterocycles. The highest BCUT2D eigenvalue weighted by atomic mass is 32.2. The lowest BCUT2D eigenvalue weighted by molar-refractivity contribution is 0.246. The molecule has 0 saturated carbocycles. The molecule has 0 atom stereocenters. The number of benzene rings is 2. The molecular weight excluding hydrogens is 486 g/mol. The van der Waals surface area contributed by atoms with Crippen molar-refractivity contribution in [2.75, 3.05) is 6.54 Å². The van der Waals surface area contributed by atoms with Crippen LogP contribution in [0.15, 0.2) is 59.5 Å². The molecule has 8 nitrogen and oxygen atoms in total. The summed E-state index contributed by atoms with van der Waals surface area (Å²) in [6.07, 6.45) is 3.59. The zero-order chi connectivity index (χ0) is 26.6. The van der Waals surface area contributed by atoms with Crippen molar-refractivity contribution < 1.29 is 13.2 Å². The van der Waals surface area contributed by atoms with Crippen molar-refractivity contribution in [1.82, 2.24) is 24.6 Å². The quantitative estimate of drug-likeness (QED) is 0.327. The lowest BCUT2D eigenvalue weighted by Crippen LogP contribution is -2.40. The highest BCUT2D eigenvalue weighted by Crippen LogP contribution is 2.25. The Bertz CT molecular complexity index is 1510. The fraction of sp³-hybridized carbons (Fsp3) is 0.321. The average molecular weight is 520 g/mol. The van der Waals surface area contributed by atoms with Gasteiger partial charge in [0.05, 0.1) is 16.1 Å². The second-order valence-corrected chi connectivity index (χ2v) is 11.0. The van der Waals surface area contributed by atoms with Gasteiger partial charge in [-0.05, 0) is 69.5 Å². The van der Waals surface area contributed by atoms with E-state index in [-0.39, 0.29) is 4.90 Å². The Labute approximate surface area is 218 Å². The second-order valence-electron chi connectivity index (χ2n) is 9.27. The van der Waals surface area contributed by atoms with Gasteiger partial charge < -0.3 is 5.32 Å². The predicted molar refractivity (Wildman–Crippen MR) is 146 cm³/mol. The number of pyridine rings is 1. The van der Waals surface area contributed by atoms with E-state index >= 15 is 0 Å². The molecule has 9 heteroatoms. The van der Waals surface area contributed by atoms with E-state index in [9.17, 15) is 13.2 Å². The van der Waals surface area contributed by atoms with Gasteiger partial charge in [-0.25, -0.2) is 22.9 Å². The van der Waals surface area contributed by atoms with E-state index in [1.54, 1.807) is 12.1 Å². The molecule has 0 fully saturated rings. The highest BCUT2D eigenvalue weighted by Gasteiger charge is 2.17. The van der Waals surface area contributed by atoms with Crippen LogP contribution >= 0.6 is 0 Å². The topological polar surface area (TPSA) is 106 Å². The summed E-state index contributed by atoms with van der Waals surface area (Å²) >= 11 is 0. The first kappa shape index (κ1) is 26.3. The monoisotopic (exact) mass is 519 g/mol. The summed E-state index contributed by atoms with van der Waals surface area (Å²) in [5.74, 6) is 1.02. The van der Waals surface area contributed by atoms with E-state index in [1.807, 2.05) is 32.9 Å². The van der Waals surface area contributed by atoms with Crippen molar-refractivity contribution in [3.8, 4) is 5.69 Å². The third-order valence-electron chi connectivity index (χ3n) is 6.22. The van der Waals surface area contributed by atoms with Crippen molar-refractivity contribution in [3.63, 3.8) is 0 Å². The largest absolute Gasteiger partial charge is 0.337 e. The maximum Gasteiger partial charge on any atom is 0.328 e. The van der Waals surface area contributed by atoms with E-state index in [0.29, 0.717) is 13.0 Å². The maximum atomic E-state index is 12.4. The number of unbranched alkanes of at least 4 members (excludes halogenated alkanes) is 1. The van der Waals surface area contributed by atoms with Crippen molar-refractivity contribution in [2.45, 2.75) is 58.3 Å². The summed E-state index contributed by atoms with van der Waals surface area (Å²) in [5.41, 5.74) is 6.86. The fourth-order valence-electron chi connectivity index (χ4n) is 4.29. The van der Waals surface area contributed by atoms with Crippen LogP contribution in [0.5, 0.6) is 0 Å².